The highest BCUT2D eigenvalue weighted by atomic mass is 32.2. The maximum atomic E-state index is 2.52. The Bertz CT molecular complexity index is 1290. The molecule has 7 rings (SSSR count). The second kappa shape index (κ2) is 8.03. The summed E-state index contributed by atoms with van der Waals surface area (Å²) < 4.78 is -0.211. The minimum Gasteiger partial charge on any atom is -0.140 e. The van der Waals surface area contributed by atoms with E-state index in [4.69, 9.17) is 0 Å². The molecule has 0 nitrogen and oxygen atoms in total. The van der Waals surface area contributed by atoms with E-state index in [2.05, 4.69) is 139 Å². The maximum absolute atomic E-state index is 2.52. The number of allylic oxidation sites excluding steroid dienone is 2. The van der Waals surface area contributed by atoms with Gasteiger partial charge >= 0.3 is 0 Å². The number of hydrogen-bond donors (Lipinski definition) is 0. The van der Waals surface area contributed by atoms with Crippen LogP contribution < -0.4 is 0 Å². The minimum atomic E-state index is -0.211. The van der Waals surface area contributed by atoms with Crippen LogP contribution in [0, 0.1) is 11.8 Å². The molecule has 0 aromatic heterocycles. The summed E-state index contributed by atoms with van der Waals surface area (Å²) in [6.45, 7) is 0. The molecule has 2 bridgehead atoms. The molecule has 1 heteroatoms. The first-order valence-electron chi connectivity index (χ1n) is 12.5. The van der Waals surface area contributed by atoms with Crippen LogP contribution in [0.3, 0.4) is 0 Å². The number of benzene rings is 4. The molecular formula is C33H28S. The number of thioether (sulfide) groups is 1. The van der Waals surface area contributed by atoms with Crippen LogP contribution in [0.2, 0.25) is 0 Å². The van der Waals surface area contributed by atoms with E-state index in [1.165, 1.54) is 28.7 Å². The normalized spacial score (nSPS) is 28.2. The number of hydrogen-bond acceptors (Lipinski definition) is 1. The van der Waals surface area contributed by atoms with Crippen molar-refractivity contribution in [1.29, 1.82) is 0 Å². The Morgan fingerprint density at radius 2 is 1.09 bits per heavy atom. The lowest BCUT2D eigenvalue weighted by Gasteiger charge is -2.43. The molecule has 2 aliphatic carbocycles. The van der Waals surface area contributed by atoms with Gasteiger partial charge in [0.05, 0.1) is 4.75 Å². The van der Waals surface area contributed by atoms with Crippen LogP contribution >= 0.6 is 11.8 Å². The Labute approximate surface area is 206 Å². The summed E-state index contributed by atoms with van der Waals surface area (Å²) in [5.74, 6) is 2.11. The highest BCUT2D eigenvalue weighted by molar-refractivity contribution is 8.01. The van der Waals surface area contributed by atoms with Gasteiger partial charge in [0.25, 0.3) is 0 Å². The van der Waals surface area contributed by atoms with E-state index in [-0.39, 0.29) is 10.7 Å². The zero-order valence-corrected chi connectivity index (χ0v) is 19.9. The topological polar surface area (TPSA) is 0 Å². The molecule has 1 fully saturated rings. The Kier molecular flexibility index (Phi) is 4.81. The first kappa shape index (κ1) is 20.4. The van der Waals surface area contributed by atoms with Crippen LogP contribution in [0.5, 0.6) is 0 Å². The van der Waals surface area contributed by atoms with Gasteiger partial charge in [-0.2, -0.15) is 0 Å². The average molecular weight is 457 g/mol. The first-order chi connectivity index (χ1) is 16.9. The van der Waals surface area contributed by atoms with E-state index in [0.29, 0.717) is 23.0 Å². The predicted octanol–water partition coefficient (Wildman–Crippen LogP) is 8.17. The van der Waals surface area contributed by atoms with Crippen LogP contribution in [-0.4, -0.2) is 5.25 Å². The molecule has 1 aliphatic heterocycles. The standard InChI is InChI=1S/C33H28S/c1-4-12-23(13-5-1)31-29-19-11-10-18-28(29)30-24-20-21-25(22-24)32(30)34-33(31,26-14-6-2-7-15-26)27-16-8-3-9-17-27/h1-21,24-25,30-32H,22H2. The van der Waals surface area contributed by atoms with Gasteiger partial charge in [0.2, 0.25) is 0 Å². The third-order valence-corrected chi connectivity index (χ3v) is 10.3. The number of rotatable bonds is 3. The molecule has 0 radical (unpaired) electrons. The van der Waals surface area contributed by atoms with Gasteiger partial charge in [-0.25, -0.2) is 0 Å². The van der Waals surface area contributed by atoms with Crippen LogP contribution in [0.15, 0.2) is 127 Å². The van der Waals surface area contributed by atoms with Crippen molar-refractivity contribution in [2.45, 2.75) is 28.3 Å². The van der Waals surface area contributed by atoms with Crippen LogP contribution in [-0.2, 0) is 4.75 Å². The van der Waals surface area contributed by atoms with Crippen molar-refractivity contribution in [1.82, 2.24) is 0 Å². The molecule has 0 saturated heterocycles. The van der Waals surface area contributed by atoms with Crippen molar-refractivity contribution >= 4 is 11.8 Å². The fourth-order valence-corrected chi connectivity index (χ4v) is 9.24. The summed E-state index contributed by atoms with van der Waals surface area (Å²) in [6, 6.07) is 43.3. The van der Waals surface area contributed by atoms with Gasteiger partial charge in [-0.3, -0.25) is 0 Å². The monoisotopic (exact) mass is 456 g/mol. The molecule has 0 N–H and O–H groups in total. The summed E-state index contributed by atoms with van der Waals surface area (Å²) >= 11 is 2.25. The van der Waals surface area contributed by atoms with E-state index in [1.807, 2.05) is 0 Å². The minimum absolute atomic E-state index is 0.211. The molecule has 4 aromatic rings. The molecule has 0 amide bonds. The van der Waals surface area contributed by atoms with Gasteiger partial charge in [0, 0.05) is 17.1 Å². The van der Waals surface area contributed by atoms with Crippen LogP contribution in [0.1, 0.15) is 46.1 Å². The van der Waals surface area contributed by atoms with Gasteiger partial charge in [-0.15, -0.1) is 11.8 Å². The third-order valence-electron chi connectivity index (χ3n) is 8.32. The summed E-state index contributed by atoms with van der Waals surface area (Å²) in [6.07, 6.45) is 6.33. The van der Waals surface area contributed by atoms with Gasteiger partial charge in [0.15, 0.2) is 0 Å². The molecule has 0 spiro atoms. The van der Waals surface area contributed by atoms with Crippen molar-refractivity contribution in [3.63, 3.8) is 0 Å². The molecule has 34 heavy (non-hydrogen) atoms. The van der Waals surface area contributed by atoms with E-state index < -0.39 is 0 Å². The van der Waals surface area contributed by atoms with E-state index in [9.17, 15) is 0 Å². The zero-order chi connectivity index (χ0) is 22.5. The van der Waals surface area contributed by atoms with Crippen molar-refractivity contribution < 1.29 is 0 Å². The number of fused-ring (bicyclic) bond motifs is 7. The average Bonchev–Trinajstić information content (AvgIpc) is 3.48. The summed E-state index contributed by atoms with van der Waals surface area (Å²) in [5.41, 5.74) is 7.28. The highest BCUT2D eigenvalue weighted by Gasteiger charge is 2.56. The van der Waals surface area contributed by atoms with Crippen molar-refractivity contribution in [2.24, 2.45) is 11.8 Å². The second-order valence-corrected chi connectivity index (χ2v) is 11.4. The van der Waals surface area contributed by atoms with E-state index in [0.717, 1.165) is 0 Å². The first-order valence-corrected chi connectivity index (χ1v) is 13.4. The van der Waals surface area contributed by atoms with Gasteiger partial charge in [0.1, 0.15) is 0 Å². The molecule has 1 saturated carbocycles. The molecule has 5 unspecified atom stereocenters. The van der Waals surface area contributed by atoms with Crippen molar-refractivity contribution in [3.05, 3.63) is 155 Å². The molecule has 3 aliphatic rings. The van der Waals surface area contributed by atoms with Crippen LogP contribution in [0.25, 0.3) is 0 Å². The quantitative estimate of drug-likeness (QED) is 0.280. The van der Waals surface area contributed by atoms with Gasteiger partial charge in [-0.05, 0) is 46.1 Å². The Morgan fingerprint density at radius 1 is 0.559 bits per heavy atom. The predicted molar refractivity (Wildman–Crippen MR) is 143 cm³/mol. The molecule has 166 valence electrons. The molecule has 5 atom stereocenters. The molecule has 4 aromatic carbocycles. The van der Waals surface area contributed by atoms with Crippen molar-refractivity contribution in [2.75, 3.05) is 0 Å². The van der Waals surface area contributed by atoms with E-state index >= 15 is 0 Å². The Hall–Kier alpha value is -3.03. The fourth-order valence-electron chi connectivity index (χ4n) is 6.99. The lowest BCUT2D eigenvalue weighted by atomic mass is 9.70. The SMILES string of the molecule is C1=CC2CC1C1SC(c3ccccc3)(c3ccccc3)C(c3ccccc3)c3ccccc3C21. The summed E-state index contributed by atoms with van der Waals surface area (Å²) in [4.78, 5) is 0. The van der Waals surface area contributed by atoms with Crippen molar-refractivity contribution in [3.8, 4) is 0 Å². The van der Waals surface area contributed by atoms with Gasteiger partial charge in [-0.1, -0.05) is 127 Å². The smallest absolute Gasteiger partial charge is 0.0769 e. The Morgan fingerprint density at radius 3 is 1.74 bits per heavy atom. The van der Waals surface area contributed by atoms with Gasteiger partial charge < -0.3 is 0 Å². The third kappa shape index (κ3) is 2.93. The second-order valence-electron chi connectivity index (χ2n) is 10.00. The lowest BCUT2D eigenvalue weighted by Crippen LogP contribution is -2.34. The molecular weight excluding hydrogens is 428 g/mol. The lowest BCUT2D eigenvalue weighted by molar-refractivity contribution is 0.591. The van der Waals surface area contributed by atoms with E-state index in [1.54, 1.807) is 5.56 Å². The summed E-state index contributed by atoms with van der Waals surface area (Å²) in [7, 11) is 0. The molecule has 1 heterocycles. The zero-order valence-electron chi connectivity index (χ0n) is 19.1. The fraction of sp³-hybridized carbons (Fsp3) is 0.212. The summed E-state index contributed by atoms with van der Waals surface area (Å²) in [5, 5.41) is 0.574. The largest absolute Gasteiger partial charge is 0.140 e. The highest BCUT2D eigenvalue weighted by Crippen LogP contribution is 2.67. The van der Waals surface area contributed by atoms with Crippen LogP contribution in [0.4, 0.5) is 0 Å². The Balaban J connectivity index is 1.60. The maximum Gasteiger partial charge on any atom is 0.0769 e.